The van der Waals surface area contributed by atoms with Gasteiger partial charge in [-0.15, -0.1) is 5.10 Å². The molecule has 1 aromatic heterocycles. The Morgan fingerprint density at radius 3 is 3.06 bits per heavy atom. The lowest BCUT2D eigenvalue weighted by Gasteiger charge is -2.03. The predicted molar refractivity (Wildman–Crippen MR) is 71.9 cm³/mol. The fourth-order valence-electron chi connectivity index (χ4n) is 1.15. The minimum atomic E-state index is 0.482. The highest BCUT2D eigenvalue weighted by Crippen LogP contribution is 2.33. The monoisotopic (exact) mass is 333 g/mol. The summed E-state index contributed by atoms with van der Waals surface area (Å²) in [6.07, 6.45) is 0. The fraction of sp³-hybridized carbons (Fsp3) is 0.200. The minimum Gasteiger partial charge on any atom is -0.428 e. The van der Waals surface area contributed by atoms with Gasteiger partial charge in [-0.05, 0) is 25.2 Å². The van der Waals surface area contributed by atoms with Crippen LogP contribution in [-0.4, -0.2) is 17.2 Å². The van der Waals surface area contributed by atoms with Gasteiger partial charge in [-0.25, -0.2) is 0 Å². The van der Waals surface area contributed by atoms with Gasteiger partial charge in [-0.3, -0.25) is 0 Å². The van der Waals surface area contributed by atoms with E-state index in [2.05, 4.69) is 31.4 Å². The van der Waals surface area contributed by atoms with E-state index in [-0.39, 0.29) is 0 Å². The first-order valence-corrected chi connectivity index (χ1v) is 6.77. The molecule has 0 saturated heterocycles. The molecule has 0 spiro atoms. The topological polar surface area (TPSA) is 47.0 Å². The van der Waals surface area contributed by atoms with Gasteiger partial charge in [0.2, 0.25) is 0 Å². The summed E-state index contributed by atoms with van der Waals surface area (Å²) >= 11 is 10.8. The standard InChI is InChI=1S/C10H9BrClN3OS/c1-13-5-9-14-15-10(17-9)16-8-4-6(11)2-3-7(8)12/h2-4,13H,5H2,1H3. The number of nitrogens with one attached hydrogen (secondary N) is 1. The van der Waals surface area contributed by atoms with Gasteiger partial charge in [0.05, 0.1) is 5.02 Å². The van der Waals surface area contributed by atoms with Gasteiger partial charge in [-0.1, -0.05) is 44.0 Å². The molecule has 2 rings (SSSR count). The van der Waals surface area contributed by atoms with Crippen LogP contribution in [-0.2, 0) is 6.54 Å². The summed E-state index contributed by atoms with van der Waals surface area (Å²) in [4.78, 5) is 0. The Labute approximate surface area is 116 Å². The van der Waals surface area contributed by atoms with Crippen LogP contribution in [0.3, 0.4) is 0 Å². The number of ether oxygens (including phenoxy) is 1. The summed E-state index contributed by atoms with van der Waals surface area (Å²) in [5, 5.41) is 12.8. The van der Waals surface area contributed by atoms with Crippen LogP contribution in [0, 0.1) is 0 Å². The Hall–Kier alpha value is -0.690. The zero-order valence-corrected chi connectivity index (χ0v) is 12.1. The molecule has 1 aromatic carbocycles. The highest BCUT2D eigenvalue weighted by molar-refractivity contribution is 9.10. The van der Waals surface area contributed by atoms with Crippen LogP contribution in [0.5, 0.6) is 10.9 Å². The summed E-state index contributed by atoms with van der Waals surface area (Å²) in [6, 6.07) is 5.40. The van der Waals surface area contributed by atoms with Crippen LogP contribution >= 0.6 is 38.9 Å². The van der Waals surface area contributed by atoms with Gasteiger partial charge in [0.25, 0.3) is 5.19 Å². The van der Waals surface area contributed by atoms with E-state index >= 15 is 0 Å². The quantitative estimate of drug-likeness (QED) is 0.930. The molecule has 90 valence electrons. The fourth-order valence-corrected chi connectivity index (χ4v) is 2.36. The van der Waals surface area contributed by atoms with Crippen molar-refractivity contribution in [3.63, 3.8) is 0 Å². The Kier molecular flexibility index (Phi) is 4.33. The van der Waals surface area contributed by atoms with E-state index < -0.39 is 0 Å². The number of rotatable bonds is 4. The smallest absolute Gasteiger partial charge is 0.299 e. The van der Waals surface area contributed by atoms with Crippen LogP contribution in [0.25, 0.3) is 0 Å². The van der Waals surface area contributed by atoms with Crippen molar-refractivity contribution in [1.29, 1.82) is 0 Å². The summed E-state index contributed by atoms with van der Waals surface area (Å²) in [6.45, 7) is 0.674. The molecule has 7 heteroatoms. The first-order chi connectivity index (χ1) is 8.19. The van der Waals surface area contributed by atoms with E-state index in [1.807, 2.05) is 13.1 Å². The second-order valence-electron chi connectivity index (χ2n) is 3.17. The Morgan fingerprint density at radius 2 is 2.29 bits per heavy atom. The second kappa shape index (κ2) is 5.77. The molecule has 1 heterocycles. The molecule has 4 nitrogen and oxygen atoms in total. The van der Waals surface area contributed by atoms with Crippen molar-refractivity contribution in [1.82, 2.24) is 15.5 Å². The van der Waals surface area contributed by atoms with Crippen LogP contribution < -0.4 is 10.1 Å². The van der Waals surface area contributed by atoms with Crippen molar-refractivity contribution in [2.75, 3.05) is 7.05 Å². The third kappa shape index (κ3) is 3.38. The number of benzene rings is 1. The molecule has 0 bridgehead atoms. The SMILES string of the molecule is CNCc1nnc(Oc2cc(Br)ccc2Cl)s1. The summed E-state index contributed by atoms with van der Waals surface area (Å²) in [5.74, 6) is 0.563. The van der Waals surface area contributed by atoms with E-state index in [4.69, 9.17) is 16.3 Å². The molecular formula is C10H9BrClN3OS. The van der Waals surface area contributed by atoms with Crippen molar-refractivity contribution in [2.45, 2.75) is 6.54 Å². The van der Waals surface area contributed by atoms with Crippen molar-refractivity contribution in [2.24, 2.45) is 0 Å². The Morgan fingerprint density at radius 1 is 1.47 bits per heavy atom. The van der Waals surface area contributed by atoms with E-state index in [1.165, 1.54) is 11.3 Å². The van der Waals surface area contributed by atoms with Crippen LogP contribution in [0.2, 0.25) is 5.02 Å². The summed E-state index contributed by atoms with van der Waals surface area (Å²) < 4.78 is 6.47. The molecule has 0 aliphatic rings. The molecule has 0 atom stereocenters. The molecule has 0 amide bonds. The van der Waals surface area contributed by atoms with Gasteiger partial charge >= 0.3 is 0 Å². The molecule has 0 radical (unpaired) electrons. The van der Waals surface area contributed by atoms with Crippen LogP contribution in [0.15, 0.2) is 22.7 Å². The van der Waals surface area contributed by atoms with Gasteiger partial charge in [0.1, 0.15) is 10.8 Å². The van der Waals surface area contributed by atoms with Gasteiger partial charge in [0, 0.05) is 11.0 Å². The number of aromatic nitrogens is 2. The molecule has 0 aliphatic heterocycles. The molecule has 2 aromatic rings. The summed E-state index contributed by atoms with van der Waals surface area (Å²) in [7, 11) is 1.85. The second-order valence-corrected chi connectivity index (χ2v) is 5.52. The maximum Gasteiger partial charge on any atom is 0.299 e. The van der Waals surface area contributed by atoms with Gasteiger partial charge in [-0.2, -0.15) is 0 Å². The van der Waals surface area contributed by atoms with Gasteiger partial charge in [0.15, 0.2) is 0 Å². The van der Waals surface area contributed by atoms with Crippen molar-refractivity contribution in [3.8, 4) is 10.9 Å². The third-order valence-corrected chi connectivity index (χ3v) is 3.47. The Balaban J connectivity index is 2.16. The maximum atomic E-state index is 6.01. The minimum absolute atomic E-state index is 0.482. The number of halogens is 2. The average Bonchev–Trinajstić information content (AvgIpc) is 2.72. The number of hydrogen-bond donors (Lipinski definition) is 1. The Bertz CT molecular complexity index is 520. The van der Waals surface area contributed by atoms with Crippen LogP contribution in [0.1, 0.15) is 5.01 Å². The predicted octanol–water partition coefficient (Wildman–Crippen LogP) is 3.47. The highest BCUT2D eigenvalue weighted by atomic mass is 79.9. The first kappa shape index (κ1) is 12.8. The normalized spacial score (nSPS) is 10.5. The van der Waals surface area contributed by atoms with E-state index in [0.717, 1.165) is 9.48 Å². The number of hydrogen-bond acceptors (Lipinski definition) is 5. The zero-order valence-electron chi connectivity index (χ0n) is 8.91. The lowest BCUT2D eigenvalue weighted by Crippen LogP contribution is -2.04. The molecular weight excluding hydrogens is 326 g/mol. The average molecular weight is 335 g/mol. The van der Waals surface area contributed by atoms with E-state index in [9.17, 15) is 0 Å². The molecule has 0 aliphatic carbocycles. The molecule has 1 N–H and O–H groups in total. The lowest BCUT2D eigenvalue weighted by atomic mass is 10.3. The molecule has 0 fully saturated rings. The maximum absolute atomic E-state index is 6.01. The van der Waals surface area contributed by atoms with Crippen LogP contribution in [0.4, 0.5) is 0 Å². The number of nitrogens with zero attached hydrogens (tertiary/aromatic N) is 2. The third-order valence-electron chi connectivity index (χ3n) is 1.87. The largest absolute Gasteiger partial charge is 0.428 e. The lowest BCUT2D eigenvalue weighted by molar-refractivity contribution is 0.473. The van der Waals surface area contributed by atoms with E-state index in [1.54, 1.807) is 12.1 Å². The van der Waals surface area contributed by atoms with Crippen molar-refractivity contribution in [3.05, 3.63) is 32.7 Å². The molecule has 17 heavy (non-hydrogen) atoms. The summed E-state index contributed by atoms with van der Waals surface area (Å²) in [5.41, 5.74) is 0. The van der Waals surface area contributed by atoms with Gasteiger partial charge < -0.3 is 10.1 Å². The zero-order chi connectivity index (χ0) is 12.3. The highest BCUT2D eigenvalue weighted by Gasteiger charge is 2.08. The molecule has 0 saturated carbocycles. The van der Waals surface area contributed by atoms with Crippen molar-refractivity contribution >= 4 is 38.9 Å². The van der Waals surface area contributed by atoms with E-state index in [0.29, 0.717) is 22.5 Å². The first-order valence-electron chi connectivity index (χ1n) is 4.79. The van der Waals surface area contributed by atoms with Crippen molar-refractivity contribution < 1.29 is 4.74 Å². The molecule has 0 unspecified atom stereocenters.